The molecule has 8 aromatic carbocycles. The molecule has 64 heavy (non-hydrogen) atoms. The van der Waals surface area contributed by atoms with Gasteiger partial charge in [-0.3, -0.25) is 9.80 Å². The van der Waals surface area contributed by atoms with Crippen LogP contribution in [0.3, 0.4) is 0 Å². The zero-order valence-corrected chi connectivity index (χ0v) is 37.6. The summed E-state index contributed by atoms with van der Waals surface area (Å²) >= 11 is 0. The number of anilines is 6. The molecule has 3 heterocycles. The third kappa shape index (κ3) is 5.84. The van der Waals surface area contributed by atoms with E-state index >= 15 is 0 Å². The predicted molar refractivity (Wildman–Crippen MR) is 269 cm³/mol. The highest BCUT2D eigenvalue weighted by Gasteiger charge is 2.51. The summed E-state index contributed by atoms with van der Waals surface area (Å²) in [5.41, 5.74) is 4.47. The Morgan fingerprint density at radius 3 is 0.906 bits per heavy atom. The number of hydrogen-bond donors (Lipinski definition) is 0. The van der Waals surface area contributed by atoms with Crippen molar-refractivity contribution in [3.05, 3.63) is 224 Å². The molecule has 1 fully saturated rings. The van der Waals surface area contributed by atoms with E-state index in [0.29, 0.717) is 11.9 Å². The minimum atomic E-state index is -2.84. The molecule has 0 N–H and O–H groups in total. The fourth-order valence-electron chi connectivity index (χ4n) is 11.4. The second-order valence-corrected chi connectivity index (χ2v) is 24.8. The second-order valence-electron chi connectivity index (χ2n) is 17.3. The smallest absolute Gasteiger partial charge is 0.239 e. The average molecular weight is 858 g/mol. The van der Waals surface area contributed by atoms with Gasteiger partial charge in [0.05, 0.1) is 0 Å². The molecule has 0 radical (unpaired) electrons. The van der Waals surface area contributed by atoms with Gasteiger partial charge in [0.25, 0.3) is 0 Å². The highest BCUT2D eigenvalue weighted by atomic mass is 28.3. The van der Waals surface area contributed by atoms with Crippen molar-refractivity contribution in [2.45, 2.75) is 38.0 Å². The first-order valence-electron chi connectivity index (χ1n) is 22.7. The summed E-state index contributed by atoms with van der Waals surface area (Å²) in [6, 6.07) is 80.9. The van der Waals surface area contributed by atoms with Gasteiger partial charge in [-0.25, -0.2) is 0 Å². The average Bonchev–Trinajstić information content (AvgIpc) is 3.38. The van der Waals surface area contributed by atoms with Gasteiger partial charge in [-0.2, -0.15) is 15.0 Å². The summed E-state index contributed by atoms with van der Waals surface area (Å²) in [7, 11) is -5.67. The maximum Gasteiger partial charge on any atom is 0.239 e. The lowest BCUT2D eigenvalue weighted by Gasteiger charge is -2.45. The van der Waals surface area contributed by atoms with Crippen molar-refractivity contribution >= 4 is 92.3 Å². The van der Waals surface area contributed by atoms with E-state index in [2.05, 4.69) is 228 Å². The van der Waals surface area contributed by atoms with Gasteiger partial charge in [-0.15, -0.1) is 0 Å². The molecule has 0 bridgehead atoms. The zero-order chi connectivity index (χ0) is 42.5. The third-order valence-electron chi connectivity index (χ3n) is 14.0. The Morgan fingerprint density at radius 1 is 0.312 bits per heavy atom. The Hall–Kier alpha value is -7.20. The Bertz CT molecular complexity index is 2740. The molecule has 5 nitrogen and oxygen atoms in total. The third-order valence-corrected chi connectivity index (χ3v) is 23.7. The van der Waals surface area contributed by atoms with E-state index < -0.39 is 16.1 Å². The lowest BCUT2D eigenvalue weighted by atomic mass is 9.89. The monoisotopic (exact) mass is 857 g/mol. The number of nitrogens with zero attached hydrogens (tertiary/aromatic N) is 5. The van der Waals surface area contributed by atoms with Crippen LogP contribution in [0.4, 0.5) is 34.6 Å². The quantitative estimate of drug-likeness (QED) is 0.151. The van der Waals surface area contributed by atoms with Gasteiger partial charge in [0.15, 0.2) is 16.1 Å². The number of fused-ring (bicyclic) bond motifs is 4. The fourth-order valence-corrected chi connectivity index (χ4v) is 21.6. The minimum absolute atomic E-state index is 0.240. The summed E-state index contributed by atoms with van der Waals surface area (Å²) in [6.45, 7) is 0. The van der Waals surface area contributed by atoms with Crippen LogP contribution in [0, 0.1) is 0 Å². The van der Waals surface area contributed by atoms with Crippen LogP contribution < -0.4 is 51.3 Å². The van der Waals surface area contributed by atoms with Crippen LogP contribution in [-0.4, -0.2) is 31.1 Å². The largest absolute Gasteiger partial charge is 0.279 e. The SMILES string of the molecule is c1ccc([Si]2(c3ccccc3)c3ccccc3N(c3nc(C4CCCCC4)nc(N4c5ccccc5[Si](c5ccccc5)(c5ccccc5)c5ccccc54)n3)c3ccccc32)cc1. The summed E-state index contributed by atoms with van der Waals surface area (Å²) < 4.78 is 0. The molecule has 1 aliphatic carbocycles. The molecule has 0 unspecified atom stereocenters. The molecule has 308 valence electrons. The van der Waals surface area contributed by atoms with E-state index in [1.807, 2.05) is 0 Å². The molecule has 12 rings (SSSR count). The standard InChI is InChI=1S/C57H47N5Si2/c1-6-24-42(25-7-1)55-58-56(61-47-34-16-20-38-51(47)63(43-26-8-2-9-27-43,44-28-10-3-11-29-44)52-39-21-17-35-48(52)61)60-57(59-55)62-49-36-18-22-40-53(49)64(45-30-12-4-13-31-45,46-32-14-5-15-33-46)54-41-23-19-37-50(54)62/h2-5,8-23,26-42H,1,6-7,24-25H2. The number of hydrogen-bond acceptors (Lipinski definition) is 5. The van der Waals surface area contributed by atoms with Gasteiger partial charge in [0.1, 0.15) is 5.82 Å². The van der Waals surface area contributed by atoms with E-state index in [-0.39, 0.29) is 5.92 Å². The van der Waals surface area contributed by atoms with Crippen molar-refractivity contribution in [3.63, 3.8) is 0 Å². The van der Waals surface area contributed by atoms with Crippen LogP contribution in [0.2, 0.25) is 0 Å². The molecule has 0 atom stereocenters. The van der Waals surface area contributed by atoms with E-state index in [9.17, 15) is 0 Å². The van der Waals surface area contributed by atoms with Gasteiger partial charge < -0.3 is 0 Å². The maximum atomic E-state index is 5.72. The molecule has 3 aliphatic rings. The Balaban J connectivity index is 1.13. The first-order chi connectivity index (χ1) is 31.8. The molecule has 0 spiro atoms. The minimum Gasteiger partial charge on any atom is -0.279 e. The first-order valence-corrected chi connectivity index (χ1v) is 26.7. The van der Waals surface area contributed by atoms with Crippen molar-refractivity contribution in [1.29, 1.82) is 0 Å². The van der Waals surface area contributed by atoms with Crippen LogP contribution in [-0.2, 0) is 0 Å². The highest BCUT2D eigenvalue weighted by Crippen LogP contribution is 2.42. The van der Waals surface area contributed by atoms with Gasteiger partial charge in [0, 0.05) is 28.7 Å². The molecular weight excluding hydrogens is 811 g/mol. The Morgan fingerprint density at radius 2 is 0.594 bits per heavy atom. The number of benzene rings is 8. The molecule has 2 aliphatic heterocycles. The molecule has 1 saturated carbocycles. The summed E-state index contributed by atoms with van der Waals surface area (Å²) in [6.07, 6.45) is 5.74. The Kier molecular flexibility index (Phi) is 9.53. The molecule has 0 amide bonds. The first kappa shape index (κ1) is 38.5. The zero-order valence-electron chi connectivity index (χ0n) is 35.6. The van der Waals surface area contributed by atoms with Crippen molar-refractivity contribution in [1.82, 2.24) is 15.0 Å². The summed E-state index contributed by atoms with van der Waals surface area (Å²) in [4.78, 5) is 21.6. The highest BCUT2D eigenvalue weighted by molar-refractivity contribution is 7.22. The van der Waals surface area contributed by atoms with Crippen molar-refractivity contribution in [2.24, 2.45) is 0 Å². The van der Waals surface area contributed by atoms with Gasteiger partial charge in [-0.1, -0.05) is 213 Å². The van der Waals surface area contributed by atoms with Crippen molar-refractivity contribution < 1.29 is 0 Å². The van der Waals surface area contributed by atoms with Gasteiger partial charge in [-0.05, 0) is 78.6 Å². The molecule has 0 saturated heterocycles. The normalized spacial score (nSPS) is 15.9. The topological polar surface area (TPSA) is 45.2 Å². The molecule has 7 heteroatoms. The molecular formula is C57H47N5Si2. The molecule has 1 aromatic heterocycles. The van der Waals surface area contributed by atoms with Crippen LogP contribution in [0.25, 0.3) is 0 Å². The summed E-state index contributed by atoms with van der Waals surface area (Å²) in [5.74, 6) is 2.43. The van der Waals surface area contributed by atoms with Gasteiger partial charge in [0.2, 0.25) is 11.9 Å². The van der Waals surface area contributed by atoms with Crippen LogP contribution in [0.15, 0.2) is 218 Å². The van der Waals surface area contributed by atoms with Crippen LogP contribution >= 0.6 is 0 Å². The number of rotatable bonds is 7. The lowest BCUT2D eigenvalue weighted by Crippen LogP contribution is -2.77. The van der Waals surface area contributed by atoms with E-state index in [4.69, 9.17) is 15.0 Å². The lowest BCUT2D eigenvalue weighted by molar-refractivity contribution is 0.428. The van der Waals surface area contributed by atoms with Crippen LogP contribution in [0.1, 0.15) is 43.8 Å². The summed E-state index contributed by atoms with van der Waals surface area (Å²) in [5, 5.41) is 10.7. The maximum absolute atomic E-state index is 5.72. The fraction of sp³-hybridized carbons (Fsp3) is 0.105. The van der Waals surface area contributed by atoms with Crippen molar-refractivity contribution in [2.75, 3.05) is 9.80 Å². The van der Waals surface area contributed by atoms with Crippen molar-refractivity contribution in [3.8, 4) is 0 Å². The number of para-hydroxylation sites is 4. The Labute approximate surface area is 377 Å². The molecule has 9 aromatic rings. The van der Waals surface area contributed by atoms with Crippen LogP contribution in [0.5, 0.6) is 0 Å². The van der Waals surface area contributed by atoms with Gasteiger partial charge >= 0.3 is 0 Å². The van der Waals surface area contributed by atoms with E-state index in [1.165, 1.54) is 60.8 Å². The number of aromatic nitrogens is 3. The predicted octanol–water partition coefficient (Wildman–Crippen LogP) is 8.24. The second kappa shape index (κ2) is 15.9. The van der Waals surface area contributed by atoms with E-state index in [1.54, 1.807) is 0 Å². The van der Waals surface area contributed by atoms with E-state index in [0.717, 1.165) is 41.4 Å².